The van der Waals surface area contributed by atoms with E-state index < -0.39 is 12.3 Å². The molecule has 2 aromatic carbocycles. The van der Waals surface area contributed by atoms with Gasteiger partial charge in [-0.15, -0.1) is 0 Å². The first-order valence-corrected chi connectivity index (χ1v) is 8.13. The Balaban J connectivity index is 1.76. The van der Waals surface area contributed by atoms with Gasteiger partial charge < -0.3 is 16.4 Å². The smallest absolute Gasteiger partial charge is 0.253 e. The van der Waals surface area contributed by atoms with E-state index in [-0.39, 0.29) is 11.4 Å². The Labute approximate surface area is 155 Å². The van der Waals surface area contributed by atoms with E-state index in [0.717, 1.165) is 11.3 Å². The van der Waals surface area contributed by atoms with E-state index in [1.54, 1.807) is 24.3 Å². The molecule has 1 amide bonds. The minimum atomic E-state index is -0.820. The van der Waals surface area contributed by atoms with Crippen LogP contribution in [0.4, 0.5) is 17.1 Å². The maximum atomic E-state index is 11.7. The van der Waals surface area contributed by atoms with Crippen LogP contribution in [0.25, 0.3) is 0 Å². The number of rotatable bonds is 6. The Morgan fingerprint density at radius 1 is 1.30 bits per heavy atom. The molecule has 0 fully saturated rings. The number of nitrogens with one attached hydrogen (secondary N) is 4. The van der Waals surface area contributed by atoms with E-state index in [4.69, 9.17) is 16.1 Å². The predicted octanol–water partition coefficient (Wildman–Crippen LogP) is 2.77. The van der Waals surface area contributed by atoms with E-state index in [0.29, 0.717) is 11.4 Å². The molecule has 3 rings (SSSR count). The summed E-state index contributed by atoms with van der Waals surface area (Å²) in [7, 11) is 0. The summed E-state index contributed by atoms with van der Waals surface area (Å²) in [5, 5.41) is 9.34. The molecule has 0 saturated heterocycles. The van der Waals surface area contributed by atoms with Gasteiger partial charge in [-0.2, -0.15) is 5.11 Å². The highest BCUT2D eigenvalue weighted by Crippen LogP contribution is 2.24. The van der Waals surface area contributed by atoms with Crippen LogP contribution in [0.5, 0.6) is 0 Å². The molecule has 0 saturated carbocycles. The molecule has 9 nitrogen and oxygen atoms in total. The summed E-state index contributed by atoms with van der Waals surface area (Å²) in [5.41, 5.74) is 18.3. The van der Waals surface area contributed by atoms with Crippen molar-refractivity contribution in [1.82, 2.24) is 5.32 Å². The Morgan fingerprint density at radius 2 is 2.11 bits per heavy atom. The Kier molecular flexibility index (Phi) is 5.43. The second kappa shape index (κ2) is 8.11. The fourth-order valence-electron chi connectivity index (χ4n) is 2.43. The number of hydrogen-bond donors (Lipinski definition) is 5. The number of carbonyl (C=O) groups excluding carboxylic acids is 1. The van der Waals surface area contributed by atoms with Crippen molar-refractivity contribution < 1.29 is 9.63 Å². The van der Waals surface area contributed by atoms with Crippen molar-refractivity contribution in [2.24, 2.45) is 15.8 Å². The van der Waals surface area contributed by atoms with Crippen LogP contribution in [0.3, 0.4) is 0 Å². The maximum absolute atomic E-state index is 11.7. The molecule has 1 unspecified atom stereocenters. The lowest BCUT2D eigenvalue weighted by molar-refractivity contribution is -0.114. The first kappa shape index (κ1) is 18.1. The molecule has 9 heteroatoms. The van der Waals surface area contributed by atoms with Gasteiger partial charge in [0.05, 0.1) is 11.3 Å². The third-order valence-electron chi connectivity index (χ3n) is 3.72. The number of hydrogen-bond acceptors (Lipinski definition) is 8. The topological polar surface area (TPSA) is 137 Å². The fourth-order valence-corrected chi connectivity index (χ4v) is 2.43. The molecule has 1 aliphatic heterocycles. The quantitative estimate of drug-likeness (QED) is 0.396. The predicted molar refractivity (Wildman–Crippen MR) is 102 cm³/mol. The molecule has 1 aliphatic rings. The number of benzene rings is 2. The molecule has 0 bridgehead atoms. The second-order valence-electron chi connectivity index (χ2n) is 5.76. The monoisotopic (exact) mass is 365 g/mol. The molecule has 6 N–H and O–H groups in total. The van der Waals surface area contributed by atoms with Gasteiger partial charge in [-0.3, -0.25) is 10.3 Å². The maximum Gasteiger partial charge on any atom is 0.253 e. The van der Waals surface area contributed by atoms with Crippen molar-refractivity contribution in [2.45, 2.75) is 13.3 Å². The van der Waals surface area contributed by atoms with Gasteiger partial charge in [0.2, 0.25) is 0 Å². The molecule has 1 heterocycles. The number of aryl methyl sites for hydroxylation is 1. The zero-order chi connectivity index (χ0) is 19.2. The van der Waals surface area contributed by atoms with Crippen LogP contribution in [0.1, 0.15) is 5.56 Å². The van der Waals surface area contributed by atoms with Crippen LogP contribution in [0, 0.1) is 12.5 Å². The van der Waals surface area contributed by atoms with E-state index in [1.807, 2.05) is 31.2 Å². The standard InChI is InChI=1S/C18H19N7O2/c1-11-5-4-6-12(9-11)22-17-13(16(19)26)10-21-18(23-17)27-25-15-8-3-2-7-14(15)24-20/h2-10,18,20-21,25H,1H3,(H2,19,26)(H,22,23). The van der Waals surface area contributed by atoms with Gasteiger partial charge in [-0.25, -0.2) is 15.4 Å². The van der Waals surface area contributed by atoms with Gasteiger partial charge in [0.25, 0.3) is 12.3 Å². The highest BCUT2D eigenvalue weighted by molar-refractivity contribution is 6.25. The van der Waals surface area contributed by atoms with E-state index in [1.165, 1.54) is 6.20 Å². The number of nitrogens with zero attached hydrogens (tertiary/aromatic N) is 2. The second-order valence-corrected chi connectivity index (χ2v) is 5.76. The Bertz CT molecular complexity index is 923. The zero-order valence-corrected chi connectivity index (χ0v) is 14.6. The summed E-state index contributed by atoms with van der Waals surface area (Å²) in [6.45, 7) is 1.96. The molecular formula is C18H19N7O2. The molecule has 2 aromatic rings. The van der Waals surface area contributed by atoms with Crippen molar-refractivity contribution in [3.8, 4) is 0 Å². The van der Waals surface area contributed by atoms with Crippen molar-refractivity contribution in [3.05, 3.63) is 65.9 Å². The first-order chi connectivity index (χ1) is 13.1. The number of aliphatic imine (C=N–C) groups is 1. The number of anilines is 2. The van der Waals surface area contributed by atoms with Crippen LogP contribution in [0.15, 0.2) is 70.4 Å². The minimum absolute atomic E-state index is 0.206. The first-order valence-electron chi connectivity index (χ1n) is 8.13. The van der Waals surface area contributed by atoms with Gasteiger partial charge in [-0.1, -0.05) is 24.3 Å². The zero-order valence-electron chi connectivity index (χ0n) is 14.6. The van der Waals surface area contributed by atoms with Crippen molar-refractivity contribution in [3.63, 3.8) is 0 Å². The van der Waals surface area contributed by atoms with E-state index >= 15 is 0 Å². The van der Waals surface area contributed by atoms with Gasteiger partial charge in [0, 0.05) is 11.9 Å². The van der Waals surface area contributed by atoms with E-state index in [2.05, 4.69) is 26.2 Å². The van der Waals surface area contributed by atoms with Crippen LogP contribution < -0.4 is 21.8 Å². The average molecular weight is 365 g/mol. The number of nitrogens with two attached hydrogens (primary N) is 1. The summed E-state index contributed by atoms with van der Waals surface area (Å²) in [6.07, 6.45) is 0.625. The molecule has 27 heavy (non-hydrogen) atoms. The van der Waals surface area contributed by atoms with E-state index in [9.17, 15) is 4.79 Å². The molecule has 138 valence electrons. The summed E-state index contributed by atoms with van der Waals surface area (Å²) < 4.78 is 0. The third kappa shape index (κ3) is 4.47. The number of amidine groups is 1. The summed E-state index contributed by atoms with van der Waals surface area (Å²) in [5.74, 6) is -0.330. The summed E-state index contributed by atoms with van der Waals surface area (Å²) >= 11 is 0. The lowest BCUT2D eigenvalue weighted by Gasteiger charge is -2.22. The van der Waals surface area contributed by atoms with Crippen LogP contribution in [-0.2, 0) is 9.63 Å². The third-order valence-corrected chi connectivity index (χ3v) is 3.72. The number of primary amides is 1. The van der Waals surface area contributed by atoms with Gasteiger partial charge in [0.15, 0.2) is 0 Å². The fraction of sp³-hybridized carbons (Fsp3) is 0.111. The Hall–Kier alpha value is -3.72. The number of carbonyl (C=O) groups is 1. The highest BCUT2D eigenvalue weighted by atomic mass is 16.7. The lowest BCUT2D eigenvalue weighted by atomic mass is 10.2. The highest BCUT2D eigenvalue weighted by Gasteiger charge is 2.21. The molecule has 0 spiro atoms. The number of para-hydroxylation sites is 2. The summed E-state index contributed by atoms with van der Waals surface area (Å²) in [4.78, 5) is 21.5. The molecule has 0 aromatic heterocycles. The SMILES string of the molecule is Cc1cccc(NC2=NC(ONc3ccccc3N=N)NC=C2C(N)=O)c1. The molecule has 1 atom stereocenters. The average Bonchev–Trinajstić information content (AvgIpc) is 2.66. The molecule has 0 aliphatic carbocycles. The normalized spacial score (nSPS) is 15.8. The lowest BCUT2D eigenvalue weighted by Crippen LogP contribution is -2.39. The van der Waals surface area contributed by atoms with Crippen molar-refractivity contribution in [2.75, 3.05) is 10.8 Å². The van der Waals surface area contributed by atoms with Gasteiger partial charge >= 0.3 is 0 Å². The van der Waals surface area contributed by atoms with Crippen molar-refractivity contribution >= 4 is 28.8 Å². The van der Waals surface area contributed by atoms with Crippen LogP contribution in [-0.4, -0.2) is 18.1 Å². The van der Waals surface area contributed by atoms with Gasteiger partial charge in [0.1, 0.15) is 11.5 Å². The van der Waals surface area contributed by atoms with Crippen molar-refractivity contribution in [1.29, 1.82) is 5.53 Å². The Morgan fingerprint density at radius 3 is 2.85 bits per heavy atom. The molecular weight excluding hydrogens is 346 g/mol. The minimum Gasteiger partial charge on any atom is -0.365 e. The van der Waals surface area contributed by atoms with Gasteiger partial charge in [-0.05, 0) is 36.8 Å². The largest absolute Gasteiger partial charge is 0.365 e. The van der Waals surface area contributed by atoms with Crippen LogP contribution >= 0.6 is 0 Å². The summed E-state index contributed by atoms with van der Waals surface area (Å²) in [6, 6.07) is 14.6. The van der Waals surface area contributed by atoms with Crippen LogP contribution in [0.2, 0.25) is 0 Å². The number of amides is 1. The molecule has 0 radical (unpaired) electrons.